The number of hydrogen-bond acceptors (Lipinski definition) is 7. The maximum absolute atomic E-state index is 13.0. The number of β-lactam (4-membered cyclic amide) rings is 1. The van der Waals surface area contributed by atoms with E-state index in [-0.39, 0.29) is 22.9 Å². The van der Waals surface area contributed by atoms with Gasteiger partial charge in [-0.05, 0) is 19.4 Å². The van der Waals surface area contributed by atoms with E-state index in [9.17, 15) is 9.59 Å². The fourth-order valence-corrected chi connectivity index (χ4v) is 6.34. The number of alkyl halides is 1. The molecule has 0 radical (unpaired) electrons. The number of hydrogen-bond donors (Lipinski definition) is 0. The van der Waals surface area contributed by atoms with Gasteiger partial charge in [0, 0.05) is 28.3 Å². The molecule has 2 aliphatic rings. The van der Waals surface area contributed by atoms with Crippen molar-refractivity contribution < 1.29 is 14.4 Å². The van der Waals surface area contributed by atoms with Gasteiger partial charge in [-0.25, -0.2) is 4.98 Å². The Balaban J connectivity index is 1.82. The van der Waals surface area contributed by atoms with Crippen LogP contribution >= 0.6 is 45.7 Å². The predicted octanol–water partition coefficient (Wildman–Crippen LogP) is 2.25. The van der Waals surface area contributed by atoms with Crippen molar-refractivity contribution in [2.75, 3.05) is 24.3 Å². The molecular formula is C16H19IN4O3S2. The molecule has 3 rings (SSSR count). The lowest BCUT2D eigenvalue weighted by atomic mass is 10.0. The first kappa shape index (κ1) is 19.6. The Kier molecular flexibility index (Phi) is 5.92. The van der Waals surface area contributed by atoms with Gasteiger partial charge in [0.1, 0.15) is 24.2 Å². The highest BCUT2D eigenvalue weighted by Gasteiger charge is 2.54. The molecule has 7 nitrogen and oxygen atoms in total. The van der Waals surface area contributed by atoms with Crippen molar-refractivity contribution in [1.29, 1.82) is 0 Å². The van der Waals surface area contributed by atoms with Gasteiger partial charge in [-0.3, -0.25) is 14.5 Å². The number of carbonyl (C=O) groups excluding carboxylic acids is 2. The Morgan fingerprint density at radius 1 is 1.54 bits per heavy atom. The highest BCUT2D eigenvalue weighted by Crippen LogP contribution is 2.42. The Hall–Kier alpha value is -1.14. The Morgan fingerprint density at radius 3 is 2.85 bits per heavy atom. The number of thioether (sulfide) groups is 1. The summed E-state index contributed by atoms with van der Waals surface area (Å²) in [5, 5.41) is 6.41. The van der Waals surface area contributed by atoms with Crippen LogP contribution in [0.2, 0.25) is 0 Å². The van der Waals surface area contributed by atoms with E-state index in [2.05, 4.69) is 32.7 Å². The average Bonchev–Trinajstić information content (AvgIpc) is 3.04. The summed E-state index contributed by atoms with van der Waals surface area (Å²) in [7, 11) is 3.03. The van der Waals surface area contributed by atoms with Crippen molar-refractivity contribution in [1.82, 2.24) is 14.8 Å². The van der Waals surface area contributed by atoms with Crippen molar-refractivity contribution in [2.24, 2.45) is 5.16 Å². The predicted molar refractivity (Wildman–Crippen MR) is 112 cm³/mol. The van der Waals surface area contributed by atoms with Gasteiger partial charge in [-0.15, -0.1) is 23.1 Å². The third kappa shape index (κ3) is 3.26. The van der Waals surface area contributed by atoms with E-state index in [0.29, 0.717) is 5.69 Å². The van der Waals surface area contributed by atoms with E-state index in [4.69, 9.17) is 4.84 Å². The zero-order valence-corrected chi connectivity index (χ0v) is 18.6. The smallest absolute Gasteiger partial charge is 0.278 e. The summed E-state index contributed by atoms with van der Waals surface area (Å²) in [5.74, 6) is 0.465. The molecule has 1 aromatic rings. The monoisotopic (exact) mass is 506 g/mol. The summed E-state index contributed by atoms with van der Waals surface area (Å²) in [6.45, 7) is 3.84. The molecule has 0 N–H and O–H groups in total. The SMILES string of the molecule is CO/N=C(\C(=O)N(C)[C@@H]1C(=O)N2C(C)=C(CI)CS[C@H]12)c1csc(C)n1. The molecule has 3 heterocycles. The molecule has 2 aliphatic heterocycles. The first-order valence-electron chi connectivity index (χ1n) is 7.90. The number of likely N-dealkylation sites (N-methyl/N-ethyl adjacent to an activating group) is 1. The van der Waals surface area contributed by atoms with Crippen molar-refractivity contribution >= 4 is 63.2 Å². The number of aromatic nitrogens is 1. The highest BCUT2D eigenvalue weighted by molar-refractivity contribution is 14.1. The van der Waals surface area contributed by atoms with Crippen molar-refractivity contribution in [3.8, 4) is 0 Å². The minimum Gasteiger partial charge on any atom is -0.398 e. The zero-order valence-electron chi connectivity index (χ0n) is 14.9. The van der Waals surface area contributed by atoms with Crippen LogP contribution in [0.5, 0.6) is 0 Å². The maximum atomic E-state index is 13.0. The van der Waals surface area contributed by atoms with E-state index in [1.54, 1.807) is 29.1 Å². The van der Waals surface area contributed by atoms with Gasteiger partial charge in [-0.1, -0.05) is 27.7 Å². The average molecular weight is 506 g/mol. The molecule has 140 valence electrons. The molecule has 2 atom stereocenters. The van der Waals surface area contributed by atoms with Crippen LogP contribution in [-0.2, 0) is 14.4 Å². The molecule has 1 saturated heterocycles. The second-order valence-corrected chi connectivity index (χ2v) is 8.90. The summed E-state index contributed by atoms with van der Waals surface area (Å²) >= 11 is 5.45. The zero-order chi connectivity index (χ0) is 19.0. The molecule has 0 aromatic carbocycles. The Labute approximate surface area is 174 Å². The minimum absolute atomic E-state index is 0.0517. The second-order valence-electron chi connectivity index (χ2n) is 5.97. The summed E-state index contributed by atoms with van der Waals surface area (Å²) < 4.78 is 0.903. The van der Waals surface area contributed by atoms with Gasteiger partial charge >= 0.3 is 0 Å². The van der Waals surface area contributed by atoms with E-state index >= 15 is 0 Å². The van der Waals surface area contributed by atoms with E-state index in [0.717, 1.165) is 20.9 Å². The summed E-state index contributed by atoms with van der Waals surface area (Å²) in [5.41, 5.74) is 2.87. The molecule has 1 aromatic heterocycles. The van der Waals surface area contributed by atoms with Gasteiger partial charge in [0.15, 0.2) is 5.71 Å². The van der Waals surface area contributed by atoms with Crippen molar-refractivity contribution in [3.63, 3.8) is 0 Å². The van der Waals surface area contributed by atoms with Crippen LogP contribution in [0.1, 0.15) is 17.6 Å². The van der Waals surface area contributed by atoms with Gasteiger partial charge in [0.05, 0.1) is 5.01 Å². The van der Waals surface area contributed by atoms with Gasteiger partial charge in [0.25, 0.3) is 11.8 Å². The largest absolute Gasteiger partial charge is 0.398 e. The van der Waals surface area contributed by atoms with Crippen LogP contribution in [0, 0.1) is 6.92 Å². The summed E-state index contributed by atoms with van der Waals surface area (Å²) in [6, 6.07) is -0.500. The standard InChI is InChI=1S/C16H19IN4O3S2/c1-8-10(5-17)6-26-16-13(15(23)21(8)16)20(3)14(22)12(19-24-4)11-7-25-9(2)18-11/h7,13,16H,5-6H2,1-4H3/b19-12-/t13-,16-/m1/s1. The number of halogens is 1. The molecule has 2 amide bonds. The van der Waals surface area contributed by atoms with Crippen molar-refractivity contribution in [3.05, 3.63) is 27.4 Å². The van der Waals surface area contributed by atoms with Crippen LogP contribution in [-0.4, -0.2) is 68.1 Å². The number of thiazole rings is 1. The van der Waals surface area contributed by atoms with Crippen LogP contribution in [0.25, 0.3) is 0 Å². The Bertz CT molecular complexity index is 807. The number of oxime groups is 1. The number of fused-ring (bicyclic) bond motifs is 1. The molecule has 0 bridgehead atoms. The number of nitrogens with zero attached hydrogens (tertiary/aromatic N) is 4. The van der Waals surface area contributed by atoms with E-state index in [1.807, 2.05) is 13.8 Å². The van der Waals surface area contributed by atoms with Crippen molar-refractivity contribution in [2.45, 2.75) is 25.3 Å². The molecule has 0 unspecified atom stereocenters. The number of carbonyl (C=O) groups is 2. The topological polar surface area (TPSA) is 75.1 Å². The lowest BCUT2D eigenvalue weighted by Gasteiger charge is -2.52. The maximum Gasteiger partial charge on any atom is 0.278 e. The van der Waals surface area contributed by atoms with Crippen LogP contribution in [0.15, 0.2) is 21.8 Å². The number of amides is 2. The van der Waals surface area contributed by atoms with Crippen LogP contribution in [0.4, 0.5) is 0 Å². The quantitative estimate of drug-likeness (QED) is 0.202. The number of allylic oxidation sites excluding steroid dienone is 1. The molecule has 0 saturated carbocycles. The summed E-state index contributed by atoms with van der Waals surface area (Å²) in [6.07, 6.45) is 0. The van der Waals surface area contributed by atoms with E-state index < -0.39 is 6.04 Å². The van der Waals surface area contributed by atoms with Gasteiger partial charge < -0.3 is 9.74 Å². The Morgan fingerprint density at radius 2 is 2.27 bits per heavy atom. The normalized spacial score (nSPS) is 22.9. The van der Waals surface area contributed by atoms with Gasteiger partial charge in [-0.2, -0.15) is 0 Å². The molecule has 0 spiro atoms. The third-order valence-corrected chi connectivity index (χ3v) is 7.48. The van der Waals surface area contributed by atoms with Crippen LogP contribution in [0.3, 0.4) is 0 Å². The lowest BCUT2D eigenvalue weighted by molar-refractivity contribution is -0.153. The molecule has 10 heteroatoms. The highest BCUT2D eigenvalue weighted by atomic mass is 127. The van der Waals surface area contributed by atoms with E-state index in [1.165, 1.54) is 28.9 Å². The van der Waals surface area contributed by atoms with Gasteiger partial charge in [0.2, 0.25) is 0 Å². The van der Waals surface area contributed by atoms with Crippen LogP contribution < -0.4 is 0 Å². The fourth-order valence-electron chi connectivity index (χ4n) is 2.98. The molecular weight excluding hydrogens is 487 g/mol. The first-order chi connectivity index (χ1) is 12.4. The second kappa shape index (κ2) is 7.85. The fraction of sp³-hybridized carbons (Fsp3) is 0.500. The lowest BCUT2D eigenvalue weighted by Crippen LogP contribution is -2.70. The molecule has 1 fully saturated rings. The first-order valence-corrected chi connectivity index (χ1v) is 11.4. The third-order valence-electron chi connectivity index (χ3n) is 4.46. The number of aryl methyl sites for hydroxylation is 1. The number of rotatable bonds is 5. The molecule has 0 aliphatic carbocycles. The minimum atomic E-state index is -0.500. The summed E-state index contributed by atoms with van der Waals surface area (Å²) in [4.78, 5) is 38.2. The molecule has 26 heavy (non-hydrogen) atoms.